The van der Waals surface area contributed by atoms with E-state index in [-0.39, 0.29) is 13.0 Å². The van der Waals surface area contributed by atoms with Gasteiger partial charge < -0.3 is 0 Å². The summed E-state index contributed by atoms with van der Waals surface area (Å²) in [5, 5.41) is 7.73. The maximum Gasteiger partial charge on any atom is 0.253 e. The molecule has 0 N–H and O–H groups in total. The van der Waals surface area contributed by atoms with Crippen LogP contribution in [0, 0.1) is 5.92 Å². The summed E-state index contributed by atoms with van der Waals surface area (Å²) in [5.41, 5.74) is 0.856. The zero-order valence-corrected chi connectivity index (χ0v) is 8.24. The largest absolute Gasteiger partial charge is 0.253 e. The van der Waals surface area contributed by atoms with E-state index in [1.807, 2.05) is 13.8 Å². The Bertz CT molecular complexity index is 333. The molecule has 0 aromatic carbocycles. The lowest BCUT2D eigenvalue weighted by Crippen LogP contribution is -2.05. The first-order valence-electron chi connectivity index (χ1n) is 4.77. The summed E-state index contributed by atoms with van der Waals surface area (Å²) >= 11 is 0. The van der Waals surface area contributed by atoms with E-state index in [2.05, 4.69) is 10.3 Å². The van der Waals surface area contributed by atoms with Gasteiger partial charge in [0.25, 0.3) is 5.92 Å². The van der Waals surface area contributed by atoms with Crippen LogP contribution >= 0.6 is 0 Å². The van der Waals surface area contributed by atoms with Crippen LogP contribution in [0.1, 0.15) is 31.9 Å². The first-order chi connectivity index (χ1) is 6.49. The van der Waals surface area contributed by atoms with Crippen LogP contribution in [0.15, 0.2) is 6.20 Å². The highest BCUT2D eigenvalue weighted by Gasteiger charge is 2.56. The molecule has 1 aromatic rings. The molecule has 14 heavy (non-hydrogen) atoms. The predicted octanol–water partition coefficient (Wildman–Crippen LogP) is 2.06. The lowest BCUT2D eigenvalue weighted by atomic mass is 10.2. The lowest BCUT2D eigenvalue weighted by Gasteiger charge is -1.98. The van der Waals surface area contributed by atoms with Gasteiger partial charge in [0.15, 0.2) is 0 Å². The quantitative estimate of drug-likeness (QED) is 0.749. The first-order valence-corrected chi connectivity index (χ1v) is 4.77. The van der Waals surface area contributed by atoms with Crippen molar-refractivity contribution >= 4 is 0 Å². The molecule has 1 saturated carbocycles. The van der Waals surface area contributed by atoms with Gasteiger partial charge in [0, 0.05) is 18.5 Å². The van der Waals surface area contributed by atoms with E-state index in [4.69, 9.17) is 0 Å². The molecule has 0 spiro atoms. The number of nitrogens with zero attached hydrogens (tertiary/aromatic N) is 3. The summed E-state index contributed by atoms with van der Waals surface area (Å²) in [5.74, 6) is -2.71. The minimum atomic E-state index is -2.47. The third kappa shape index (κ3) is 1.76. The van der Waals surface area contributed by atoms with Crippen molar-refractivity contribution in [3.8, 4) is 0 Å². The fraction of sp³-hybridized carbons (Fsp3) is 0.778. The Morgan fingerprint density at radius 3 is 2.71 bits per heavy atom. The monoisotopic (exact) mass is 201 g/mol. The van der Waals surface area contributed by atoms with Crippen molar-refractivity contribution in [2.75, 3.05) is 0 Å². The molecule has 0 bridgehead atoms. The predicted molar refractivity (Wildman–Crippen MR) is 47.2 cm³/mol. The Balaban J connectivity index is 1.98. The molecule has 1 fully saturated rings. The molecular formula is C9H13F2N3. The summed E-state index contributed by atoms with van der Waals surface area (Å²) < 4.78 is 26.7. The minimum Gasteiger partial charge on any atom is -0.252 e. The molecule has 0 amide bonds. The fourth-order valence-corrected chi connectivity index (χ4v) is 1.36. The van der Waals surface area contributed by atoms with Crippen LogP contribution in [-0.2, 0) is 6.54 Å². The van der Waals surface area contributed by atoms with E-state index in [0.717, 1.165) is 5.69 Å². The lowest BCUT2D eigenvalue weighted by molar-refractivity contribution is 0.0941. The van der Waals surface area contributed by atoms with Crippen molar-refractivity contribution in [2.45, 2.75) is 38.7 Å². The van der Waals surface area contributed by atoms with Crippen LogP contribution in [0.5, 0.6) is 0 Å². The molecule has 1 aromatic heterocycles. The molecule has 2 rings (SSSR count). The average Bonchev–Trinajstić information content (AvgIpc) is 2.51. The molecular weight excluding hydrogens is 188 g/mol. The van der Waals surface area contributed by atoms with Crippen molar-refractivity contribution < 1.29 is 8.78 Å². The maximum absolute atomic E-state index is 12.6. The first kappa shape index (κ1) is 9.55. The number of hydrogen-bond donors (Lipinski definition) is 0. The van der Waals surface area contributed by atoms with Gasteiger partial charge in [0.1, 0.15) is 0 Å². The van der Waals surface area contributed by atoms with Crippen LogP contribution in [-0.4, -0.2) is 20.9 Å². The normalized spacial score (nSPS) is 24.2. The van der Waals surface area contributed by atoms with Crippen LogP contribution in [0.3, 0.4) is 0 Å². The van der Waals surface area contributed by atoms with Crippen LogP contribution in [0.2, 0.25) is 0 Å². The summed E-state index contributed by atoms with van der Waals surface area (Å²) in [6, 6.07) is 0. The summed E-state index contributed by atoms with van der Waals surface area (Å²) in [4.78, 5) is 0. The van der Waals surface area contributed by atoms with Crippen molar-refractivity contribution in [3.05, 3.63) is 11.9 Å². The zero-order chi connectivity index (χ0) is 10.3. The maximum atomic E-state index is 12.6. The van der Waals surface area contributed by atoms with Crippen LogP contribution in [0.4, 0.5) is 8.78 Å². The molecule has 1 aliphatic carbocycles. The highest BCUT2D eigenvalue weighted by atomic mass is 19.3. The molecule has 0 aliphatic heterocycles. The molecule has 1 heterocycles. The number of alkyl halides is 2. The zero-order valence-electron chi connectivity index (χ0n) is 8.24. The van der Waals surface area contributed by atoms with Crippen molar-refractivity contribution in [2.24, 2.45) is 5.92 Å². The molecule has 0 radical (unpaired) electrons. The minimum absolute atomic E-state index is 0.0100. The Labute approximate surface area is 81.1 Å². The molecule has 1 unspecified atom stereocenters. The summed E-state index contributed by atoms with van der Waals surface area (Å²) in [6.45, 7) is 4.28. The van der Waals surface area contributed by atoms with Crippen LogP contribution < -0.4 is 0 Å². The van der Waals surface area contributed by atoms with Gasteiger partial charge in [-0.25, -0.2) is 8.78 Å². The summed E-state index contributed by atoms with van der Waals surface area (Å²) in [6.07, 6.45) is 1.74. The van der Waals surface area contributed by atoms with Gasteiger partial charge in [-0.15, -0.1) is 5.10 Å². The van der Waals surface area contributed by atoms with Gasteiger partial charge in [-0.1, -0.05) is 19.1 Å². The second-order valence-corrected chi connectivity index (χ2v) is 4.18. The number of rotatable bonds is 3. The standard InChI is InChI=1S/C9H13F2N3/c1-6(2)8-5-14(13-12-8)4-7-3-9(7,10)11/h5-7H,3-4H2,1-2H3. The van der Waals surface area contributed by atoms with Crippen LogP contribution in [0.25, 0.3) is 0 Å². The average molecular weight is 201 g/mol. The molecule has 78 valence electrons. The van der Waals surface area contributed by atoms with Crippen molar-refractivity contribution in [1.29, 1.82) is 0 Å². The smallest absolute Gasteiger partial charge is 0.252 e. The molecule has 5 heteroatoms. The molecule has 1 atom stereocenters. The van der Waals surface area contributed by atoms with Gasteiger partial charge in [-0.05, 0) is 5.92 Å². The second kappa shape index (κ2) is 3.00. The SMILES string of the molecule is CC(C)c1cn(CC2CC2(F)F)nn1. The van der Waals surface area contributed by atoms with Gasteiger partial charge in [-0.2, -0.15) is 0 Å². The van der Waals surface area contributed by atoms with E-state index in [9.17, 15) is 8.78 Å². The third-order valence-corrected chi connectivity index (χ3v) is 2.51. The van der Waals surface area contributed by atoms with E-state index >= 15 is 0 Å². The molecule has 1 aliphatic rings. The number of halogens is 2. The second-order valence-electron chi connectivity index (χ2n) is 4.18. The Morgan fingerprint density at radius 1 is 1.64 bits per heavy atom. The Morgan fingerprint density at radius 2 is 2.29 bits per heavy atom. The summed E-state index contributed by atoms with van der Waals surface area (Å²) in [7, 11) is 0. The van der Waals surface area contributed by atoms with Crippen molar-refractivity contribution in [1.82, 2.24) is 15.0 Å². The van der Waals surface area contributed by atoms with Crippen molar-refractivity contribution in [3.63, 3.8) is 0 Å². The van der Waals surface area contributed by atoms with E-state index < -0.39 is 11.8 Å². The van der Waals surface area contributed by atoms with Gasteiger partial charge >= 0.3 is 0 Å². The topological polar surface area (TPSA) is 30.7 Å². The number of hydrogen-bond acceptors (Lipinski definition) is 2. The number of aromatic nitrogens is 3. The third-order valence-electron chi connectivity index (χ3n) is 2.51. The molecule has 3 nitrogen and oxygen atoms in total. The van der Waals surface area contributed by atoms with E-state index in [1.165, 1.54) is 4.68 Å². The van der Waals surface area contributed by atoms with Gasteiger partial charge in [0.05, 0.1) is 12.2 Å². The molecule has 0 saturated heterocycles. The Kier molecular flexibility index (Phi) is 2.05. The van der Waals surface area contributed by atoms with E-state index in [1.54, 1.807) is 6.20 Å². The Hall–Kier alpha value is -1.00. The van der Waals surface area contributed by atoms with Gasteiger partial charge in [0.2, 0.25) is 0 Å². The highest BCUT2D eigenvalue weighted by Crippen LogP contribution is 2.49. The highest BCUT2D eigenvalue weighted by molar-refractivity contribution is 5.00. The van der Waals surface area contributed by atoms with E-state index in [0.29, 0.717) is 5.92 Å². The van der Waals surface area contributed by atoms with Gasteiger partial charge in [-0.3, -0.25) is 4.68 Å². The fourth-order valence-electron chi connectivity index (χ4n) is 1.36.